The Bertz CT molecular complexity index is 572. The van der Waals surface area contributed by atoms with Gasteiger partial charge in [-0.05, 0) is 35.4 Å². The summed E-state index contributed by atoms with van der Waals surface area (Å²) in [5, 5.41) is 0. The molecule has 1 unspecified atom stereocenters. The largest absolute Gasteiger partial charge is 0.489 e. The average molecular weight is 297 g/mol. The van der Waals surface area contributed by atoms with Crippen molar-refractivity contribution in [1.29, 1.82) is 0 Å². The van der Waals surface area contributed by atoms with Crippen molar-refractivity contribution < 1.29 is 4.74 Å². The highest BCUT2D eigenvalue weighted by Gasteiger charge is 2.20. The van der Waals surface area contributed by atoms with E-state index >= 15 is 0 Å². The maximum absolute atomic E-state index is 6.27. The first-order valence-corrected chi connectivity index (χ1v) is 7.97. The smallest absolute Gasteiger partial charge is 0.122 e. The quantitative estimate of drug-likeness (QED) is 0.847. The fraction of sp³-hybridized carbons (Fsp3) is 0.400. The molecule has 2 nitrogen and oxygen atoms in total. The van der Waals surface area contributed by atoms with Gasteiger partial charge < -0.3 is 10.5 Å². The normalized spacial score (nSPS) is 12.9. The molecule has 0 spiro atoms. The summed E-state index contributed by atoms with van der Waals surface area (Å²) in [5.74, 6) is 0.965. The van der Waals surface area contributed by atoms with Crippen LogP contribution in [0.5, 0.6) is 5.75 Å². The average Bonchev–Trinajstić information content (AvgIpc) is 2.51. The van der Waals surface area contributed by atoms with E-state index in [4.69, 9.17) is 10.5 Å². The first kappa shape index (κ1) is 16.6. The molecule has 2 aromatic rings. The number of para-hydroxylation sites is 1. The van der Waals surface area contributed by atoms with Crippen molar-refractivity contribution >= 4 is 0 Å². The molecule has 1 atom stereocenters. The molecule has 0 amide bonds. The van der Waals surface area contributed by atoms with Crippen LogP contribution in [0, 0.1) is 5.41 Å². The maximum atomic E-state index is 6.27. The third kappa shape index (κ3) is 4.88. The molecule has 0 fully saturated rings. The van der Waals surface area contributed by atoms with E-state index in [1.165, 1.54) is 11.1 Å². The van der Waals surface area contributed by atoms with Crippen LogP contribution in [0.4, 0.5) is 0 Å². The van der Waals surface area contributed by atoms with E-state index in [0.29, 0.717) is 6.61 Å². The van der Waals surface area contributed by atoms with Crippen molar-refractivity contribution in [3.05, 3.63) is 65.7 Å². The van der Waals surface area contributed by atoms with Crippen molar-refractivity contribution in [1.82, 2.24) is 0 Å². The maximum Gasteiger partial charge on any atom is 0.122 e. The first-order valence-electron chi connectivity index (χ1n) is 7.97. The van der Waals surface area contributed by atoms with Gasteiger partial charge in [-0.15, -0.1) is 0 Å². The minimum absolute atomic E-state index is 0.139. The minimum atomic E-state index is 0.139. The molecule has 2 aromatic carbocycles. The van der Waals surface area contributed by atoms with E-state index in [2.05, 4.69) is 45.0 Å². The van der Waals surface area contributed by atoms with Gasteiger partial charge >= 0.3 is 0 Å². The van der Waals surface area contributed by atoms with Gasteiger partial charge in [-0.2, -0.15) is 0 Å². The second-order valence-electron chi connectivity index (χ2n) is 6.89. The number of aryl methyl sites for hydroxylation is 1. The molecule has 0 heterocycles. The van der Waals surface area contributed by atoms with Gasteiger partial charge in [0.1, 0.15) is 12.4 Å². The summed E-state index contributed by atoms with van der Waals surface area (Å²) in [7, 11) is 0. The molecule has 0 saturated carbocycles. The second-order valence-corrected chi connectivity index (χ2v) is 6.89. The molecule has 0 aromatic heterocycles. The van der Waals surface area contributed by atoms with Crippen molar-refractivity contribution in [3.8, 4) is 5.75 Å². The summed E-state index contributed by atoms with van der Waals surface area (Å²) in [4.78, 5) is 0. The second kappa shape index (κ2) is 7.46. The van der Waals surface area contributed by atoms with Gasteiger partial charge in [0.15, 0.2) is 0 Å². The summed E-state index contributed by atoms with van der Waals surface area (Å²) in [6.45, 7) is 7.17. The van der Waals surface area contributed by atoms with Crippen molar-refractivity contribution in [3.63, 3.8) is 0 Å². The third-order valence-corrected chi connectivity index (χ3v) is 4.05. The molecular weight excluding hydrogens is 270 g/mol. The lowest BCUT2D eigenvalue weighted by molar-refractivity contribution is 0.293. The van der Waals surface area contributed by atoms with Crippen LogP contribution in [0.25, 0.3) is 0 Å². The zero-order valence-corrected chi connectivity index (χ0v) is 13.9. The van der Waals surface area contributed by atoms with Gasteiger partial charge in [0.2, 0.25) is 0 Å². The molecule has 2 N–H and O–H groups in total. The summed E-state index contributed by atoms with van der Waals surface area (Å²) in [6, 6.07) is 18.7. The Balaban J connectivity index is 1.98. The van der Waals surface area contributed by atoms with Crippen LogP contribution in [0.1, 0.15) is 38.3 Å². The van der Waals surface area contributed by atoms with Crippen molar-refractivity contribution in [2.75, 3.05) is 0 Å². The zero-order chi connectivity index (χ0) is 16.0. The van der Waals surface area contributed by atoms with Gasteiger partial charge in [-0.25, -0.2) is 0 Å². The number of nitrogens with two attached hydrogens (primary N) is 1. The van der Waals surface area contributed by atoms with Crippen LogP contribution in [0.3, 0.4) is 0 Å². The Morgan fingerprint density at radius 2 is 1.59 bits per heavy atom. The minimum Gasteiger partial charge on any atom is -0.489 e. The van der Waals surface area contributed by atoms with E-state index < -0.39 is 0 Å². The molecule has 0 aliphatic heterocycles. The summed E-state index contributed by atoms with van der Waals surface area (Å²) in [5.41, 5.74) is 8.83. The Morgan fingerprint density at radius 3 is 2.27 bits per heavy atom. The Hall–Kier alpha value is -1.80. The van der Waals surface area contributed by atoms with E-state index in [1.54, 1.807) is 0 Å². The number of benzene rings is 2. The fourth-order valence-corrected chi connectivity index (χ4v) is 2.33. The number of rotatable bonds is 6. The van der Waals surface area contributed by atoms with Gasteiger partial charge in [0, 0.05) is 6.04 Å². The predicted molar refractivity (Wildman–Crippen MR) is 93.0 cm³/mol. The highest BCUT2D eigenvalue weighted by atomic mass is 16.5. The molecule has 0 saturated heterocycles. The topological polar surface area (TPSA) is 35.2 Å². The van der Waals surface area contributed by atoms with E-state index in [0.717, 1.165) is 18.6 Å². The third-order valence-electron chi connectivity index (χ3n) is 4.05. The van der Waals surface area contributed by atoms with Crippen LogP contribution in [-0.2, 0) is 13.0 Å². The lowest BCUT2D eigenvalue weighted by atomic mass is 9.84. The van der Waals surface area contributed by atoms with Crippen molar-refractivity contribution in [2.45, 2.75) is 46.3 Å². The van der Waals surface area contributed by atoms with E-state index in [9.17, 15) is 0 Å². The Kier molecular flexibility index (Phi) is 5.62. The molecule has 0 aliphatic rings. The first-order chi connectivity index (χ1) is 10.5. The monoisotopic (exact) mass is 297 g/mol. The van der Waals surface area contributed by atoms with Crippen LogP contribution in [0.15, 0.2) is 54.6 Å². The van der Waals surface area contributed by atoms with Crippen LogP contribution >= 0.6 is 0 Å². The Labute approximate surface area is 134 Å². The molecule has 22 heavy (non-hydrogen) atoms. The summed E-state index contributed by atoms with van der Waals surface area (Å²) in [6.07, 6.45) is 1.92. The highest BCUT2D eigenvalue weighted by Crippen LogP contribution is 2.25. The van der Waals surface area contributed by atoms with Crippen molar-refractivity contribution in [2.24, 2.45) is 11.1 Å². The lowest BCUT2D eigenvalue weighted by Crippen LogP contribution is -2.35. The van der Waals surface area contributed by atoms with Crippen LogP contribution in [-0.4, -0.2) is 6.04 Å². The standard InChI is InChI=1S/C20H27NO/c1-20(2,3)19(21)14-13-17-11-7-8-12-18(17)22-15-16-9-5-4-6-10-16/h4-12,19H,13-15,21H2,1-3H3. The zero-order valence-electron chi connectivity index (χ0n) is 13.9. The summed E-state index contributed by atoms with van der Waals surface area (Å²) >= 11 is 0. The molecular formula is C20H27NO. The molecule has 0 aliphatic carbocycles. The number of hydrogen-bond donors (Lipinski definition) is 1. The van der Waals surface area contributed by atoms with E-state index in [1.807, 2.05) is 30.3 Å². The van der Waals surface area contributed by atoms with Gasteiger partial charge in [-0.3, -0.25) is 0 Å². The lowest BCUT2D eigenvalue weighted by Gasteiger charge is -2.27. The number of ether oxygens (including phenoxy) is 1. The van der Waals surface area contributed by atoms with Gasteiger partial charge in [0.25, 0.3) is 0 Å². The van der Waals surface area contributed by atoms with Crippen LogP contribution in [0.2, 0.25) is 0 Å². The molecule has 0 radical (unpaired) electrons. The molecule has 118 valence electrons. The van der Waals surface area contributed by atoms with E-state index in [-0.39, 0.29) is 11.5 Å². The van der Waals surface area contributed by atoms with Crippen LogP contribution < -0.4 is 10.5 Å². The Morgan fingerprint density at radius 1 is 0.955 bits per heavy atom. The van der Waals surface area contributed by atoms with Gasteiger partial charge in [-0.1, -0.05) is 69.3 Å². The SMILES string of the molecule is CC(C)(C)C(N)CCc1ccccc1OCc1ccccc1. The fourth-order valence-electron chi connectivity index (χ4n) is 2.33. The highest BCUT2D eigenvalue weighted by molar-refractivity contribution is 5.33. The summed E-state index contributed by atoms with van der Waals surface area (Å²) < 4.78 is 6.00. The molecule has 0 bridgehead atoms. The number of hydrogen-bond acceptors (Lipinski definition) is 2. The van der Waals surface area contributed by atoms with Gasteiger partial charge in [0.05, 0.1) is 0 Å². The molecule has 2 rings (SSSR count). The predicted octanol–water partition coefficient (Wildman–Crippen LogP) is 4.57. The molecule has 2 heteroatoms.